The van der Waals surface area contributed by atoms with Gasteiger partial charge in [-0.3, -0.25) is 9.69 Å². The first-order valence-electron chi connectivity index (χ1n) is 10.1. The van der Waals surface area contributed by atoms with Gasteiger partial charge in [-0.15, -0.1) is 0 Å². The molecule has 0 bridgehead atoms. The smallest absolute Gasteiger partial charge is 0.387 e. The van der Waals surface area contributed by atoms with E-state index in [4.69, 9.17) is 9.15 Å². The molecular weight excluding hydrogens is 418 g/mol. The number of carbonyl (C=O) groups excluding carboxylic acids is 1. The summed E-state index contributed by atoms with van der Waals surface area (Å²) < 4.78 is 40.1. The zero-order valence-electron chi connectivity index (χ0n) is 18.0. The molecule has 8 heteroatoms. The lowest BCUT2D eigenvalue weighted by molar-refractivity contribution is -0.133. The van der Waals surface area contributed by atoms with Crippen LogP contribution < -0.4 is 9.47 Å². The zero-order chi connectivity index (χ0) is 22.9. The van der Waals surface area contributed by atoms with Crippen molar-refractivity contribution in [3.05, 3.63) is 83.8 Å². The van der Waals surface area contributed by atoms with E-state index in [0.29, 0.717) is 25.4 Å². The standard InChI is InChI=1S/C24H26F2N2O4/c1-27(14-19-10-11-21(32-24(25)26)22(13-19)30-2)17-23(29)28(16-20-9-6-12-31-20)15-18-7-4-3-5-8-18/h3-13,24H,14-17H2,1-2H3. The van der Waals surface area contributed by atoms with Crippen LogP contribution in [0.1, 0.15) is 16.9 Å². The molecule has 3 rings (SSSR count). The van der Waals surface area contributed by atoms with Crippen molar-refractivity contribution in [2.45, 2.75) is 26.2 Å². The molecule has 32 heavy (non-hydrogen) atoms. The Kier molecular flexibility index (Phi) is 8.21. The first-order valence-corrected chi connectivity index (χ1v) is 10.1. The molecule has 0 radical (unpaired) electrons. The van der Waals surface area contributed by atoms with Crippen molar-refractivity contribution in [2.75, 3.05) is 20.7 Å². The predicted molar refractivity (Wildman–Crippen MR) is 115 cm³/mol. The molecule has 0 aliphatic rings. The maximum atomic E-state index is 13.1. The lowest BCUT2D eigenvalue weighted by Gasteiger charge is -2.25. The van der Waals surface area contributed by atoms with E-state index in [2.05, 4.69) is 4.74 Å². The van der Waals surface area contributed by atoms with E-state index < -0.39 is 6.61 Å². The van der Waals surface area contributed by atoms with Crippen molar-refractivity contribution in [3.63, 3.8) is 0 Å². The third-order valence-corrected chi connectivity index (χ3v) is 4.80. The Balaban J connectivity index is 1.66. The molecule has 1 aromatic heterocycles. The minimum absolute atomic E-state index is 0.0301. The normalized spacial score (nSPS) is 11.1. The van der Waals surface area contributed by atoms with Crippen molar-refractivity contribution in [1.29, 1.82) is 0 Å². The summed E-state index contributed by atoms with van der Waals surface area (Å²) in [5, 5.41) is 0. The van der Waals surface area contributed by atoms with Gasteiger partial charge in [0.15, 0.2) is 11.5 Å². The molecule has 3 aromatic rings. The van der Waals surface area contributed by atoms with Gasteiger partial charge in [0.2, 0.25) is 5.91 Å². The molecule has 170 valence electrons. The van der Waals surface area contributed by atoms with Gasteiger partial charge in [-0.25, -0.2) is 0 Å². The van der Waals surface area contributed by atoms with Crippen LogP contribution in [0.3, 0.4) is 0 Å². The highest BCUT2D eigenvalue weighted by Gasteiger charge is 2.18. The second kappa shape index (κ2) is 11.3. The molecule has 6 nitrogen and oxygen atoms in total. The highest BCUT2D eigenvalue weighted by Crippen LogP contribution is 2.29. The second-order valence-electron chi connectivity index (χ2n) is 7.35. The number of benzene rings is 2. The number of alkyl halides is 2. The third kappa shape index (κ3) is 6.81. The van der Waals surface area contributed by atoms with E-state index in [1.165, 1.54) is 13.2 Å². The van der Waals surface area contributed by atoms with Crippen LogP contribution in [-0.2, 0) is 24.4 Å². The number of nitrogens with zero attached hydrogens (tertiary/aromatic N) is 2. The minimum Gasteiger partial charge on any atom is -0.493 e. The number of carbonyl (C=O) groups is 1. The molecule has 0 spiro atoms. The van der Waals surface area contributed by atoms with E-state index in [0.717, 1.165) is 11.1 Å². The van der Waals surface area contributed by atoms with E-state index in [-0.39, 0.29) is 24.0 Å². The Morgan fingerprint density at radius 2 is 1.75 bits per heavy atom. The van der Waals surface area contributed by atoms with Gasteiger partial charge in [-0.1, -0.05) is 36.4 Å². The fourth-order valence-electron chi connectivity index (χ4n) is 3.33. The number of hydrogen-bond acceptors (Lipinski definition) is 5. The number of furan rings is 1. The summed E-state index contributed by atoms with van der Waals surface area (Å²) in [6.45, 7) is -1.51. The topological polar surface area (TPSA) is 55.2 Å². The molecule has 1 heterocycles. The quantitative estimate of drug-likeness (QED) is 0.434. The van der Waals surface area contributed by atoms with Crippen molar-refractivity contribution in [1.82, 2.24) is 9.80 Å². The van der Waals surface area contributed by atoms with Crippen LogP contribution >= 0.6 is 0 Å². The Labute approximate surface area is 185 Å². The number of hydrogen-bond donors (Lipinski definition) is 0. The van der Waals surface area contributed by atoms with Gasteiger partial charge in [-0.05, 0) is 42.4 Å². The second-order valence-corrected chi connectivity index (χ2v) is 7.35. The monoisotopic (exact) mass is 444 g/mol. The van der Waals surface area contributed by atoms with E-state index >= 15 is 0 Å². The summed E-state index contributed by atoms with van der Waals surface area (Å²) >= 11 is 0. The molecular formula is C24H26F2N2O4. The number of ether oxygens (including phenoxy) is 2. The molecule has 0 saturated heterocycles. The molecule has 0 aliphatic heterocycles. The van der Waals surface area contributed by atoms with Crippen molar-refractivity contribution in [2.24, 2.45) is 0 Å². The SMILES string of the molecule is COc1cc(CN(C)CC(=O)N(Cc2ccccc2)Cc2ccco2)ccc1OC(F)F. The number of likely N-dealkylation sites (N-methyl/N-ethyl adjacent to an activating group) is 1. The minimum atomic E-state index is -2.93. The molecule has 0 unspecified atom stereocenters. The fraction of sp³-hybridized carbons (Fsp3) is 0.292. The first kappa shape index (κ1) is 23.3. The zero-order valence-corrected chi connectivity index (χ0v) is 18.0. The van der Waals surface area contributed by atoms with Crippen LogP contribution in [0.2, 0.25) is 0 Å². The van der Waals surface area contributed by atoms with Crippen molar-refractivity contribution < 1.29 is 27.5 Å². The number of halogens is 2. The Bertz CT molecular complexity index is 981. The van der Waals surface area contributed by atoms with Crippen LogP contribution in [0.4, 0.5) is 8.78 Å². The van der Waals surface area contributed by atoms with Crippen molar-refractivity contribution in [3.8, 4) is 11.5 Å². The molecule has 1 amide bonds. The fourth-order valence-corrected chi connectivity index (χ4v) is 3.33. The highest BCUT2D eigenvalue weighted by molar-refractivity contribution is 5.78. The van der Waals surface area contributed by atoms with E-state index in [9.17, 15) is 13.6 Å². The molecule has 0 N–H and O–H groups in total. The number of methoxy groups -OCH3 is 1. The van der Waals surface area contributed by atoms with Crippen LogP contribution in [0.5, 0.6) is 11.5 Å². The lowest BCUT2D eigenvalue weighted by atomic mass is 10.2. The summed E-state index contributed by atoms with van der Waals surface area (Å²) in [5.41, 5.74) is 1.83. The molecule has 0 atom stereocenters. The maximum absolute atomic E-state index is 13.1. The van der Waals surface area contributed by atoms with E-state index in [1.807, 2.05) is 48.3 Å². The maximum Gasteiger partial charge on any atom is 0.387 e. The van der Waals surface area contributed by atoms with E-state index in [1.54, 1.807) is 29.4 Å². The lowest BCUT2D eigenvalue weighted by Crippen LogP contribution is -2.38. The van der Waals surface area contributed by atoms with Gasteiger partial charge < -0.3 is 18.8 Å². The largest absolute Gasteiger partial charge is 0.493 e. The summed E-state index contributed by atoms with van der Waals surface area (Å²) in [5.74, 6) is 0.831. The highest BCUT2D eigenvalue weighted by atomic mass is 19.3. The number of rotatable bonds is 11. The average molecular weight is 444 g/mol. The van der Waals surface area contributed by atoms with Gasteiger partial charge in [0, 0.05) is 13.1 Å². The summed E-state index contributed by atoms with van der Waals surface area (Å²) in [6.07, 6.45) is 1.58. The summed E-state index contributed by atoms with van der Waals surface area (Å²) in [7, 11) is 3.21. The molecule has 2 aromatic carbocycles. The van der Waals surface area contributed by atoms with Crippen LogP contribution in [-0.4, -0.2) is 43.0 Å². The summed E-state index contributed by atoms with van der Waals surface area (Å²) in [4.78, 5) is 16.7. The Morgan fingerprint density at radius 3 is 2.41 bits per heavy atom. The van der Waals surface area contributed by atoms with Gasteiger partial charge in [0.05, 0.1) is 26.5 Å². The molecule has 0 saturated carbocycles. The van der Waals surface area contributed by atoms with Gasteiger partial charge >= 0.3 is 6.61 Å². The first-order chi connectivity index (χ1) is 15.4. The average Bonchev–Trinajstić information content (AvgIpc) is 3.28. The van der Waals surface area contributed by atoms with Gasteiger partial charge in [0.1, 0.15) is 5.76 Å². The molecule has 0 fully saturated rings. The van der Waals surface area contributed by atoms with Gasteiger partial charge in [0.25, 0.3) is 0 Å². The Hall–Kier alpha value is -3.39. The number of amides is 1. The van der Waals surface area contributed by atoms with Crippen molar-refractivity contribution >= 4 is 5.91 Å². The van der Waals surface area contributed by atoms with Crippen LogP contribution in [0, 0.1) is 0 Å². The summed E-state index contributed by atoms with van der Waals surface area (Å²) in [6, 6.07) is 18.1. The molecule has 0 aliphatic carbocycles. The Morgan fingerprint density at radius 1 is 0.969 bits per heavy atom. The third-order valence-electron chi connectivity index (χ3n) is 4.80. The van der Waals surface area contributed by atoms with Gasteiger partial charge in [-0.2, -0.15) is 8.78 Å². The van der Waals surface area contributed by atoms with Crippen LogP contribution in [0.25, 0.3) is 0 Å². The van der Waals surface area contributed by atoms with Crippen LogP contribution in [0.15, 0.2) is 71.3 Å². The predicted octanol–water partition coefficient (Wildman–Crippen LogP) is 4.55.